The van der Waals surface area contributed by atoms with Gasteiger partial charge in [0.1, 0.15) is 0 Å². The van der Waals surface area contributed by atoms with Crippen LogP contribution in [-0.2, 0) is 4.79 Å². The molecule has 2 atom stereocenters. The van der Waals surface area contributed by atoms with Crippen LogP contribution >= 0.6 is 11.8 Å². The predicted molar refractivity (Wildman–Crippen MR) is 75.2 cm³/mol. The molecule has 0 aromatic carbocycles. The van der Waals surface area contributed by atoms with Crippen molar-refractivity contribution in [3.8, 4) is 0 Å². The van der Waals surface area contributed by atoms with Gasteiger partial charge in [-0.3, -0.25) is 4.79 Å². The molecule has 0 aliphatic heterocycles. The zero-order valence-electron chi connectivity index (χ0n) is 10.9. The van der Waals surface area contributed by atoms with E-state index in [2.05, 4.69) is 12.2 Å². The lowest BCUT2D eigenvalue weighted by Crippen LogP contribution is -2.39. The number of unbranched alkanes of at least 4 members (excludes halogenated alkanes) is 1. The fourth-order valence-electron chi connectivity index (χ4n) is 2.30. The highest BCUT2D eigenvalue weighted by atomic mass is 32.2. The van der Waals surface area contributed by atoms with Crippen LogP contribution in [0.3, 0.4) is 0 Å². The number of hydrogen-bond acceptors (Lipinski definition) is 3. The highest BCUT2D eigenvalue weighted by molar-refractivity contribution is 7.99. The van der Waals surface area contributed by atoms with Gasteiger partial charge in [0, 0.05) is 18.2 Å². The molecule has 0 saturated heterocycles. The van der Waals surface area contributed by atoms with Gasteiger partial charge in [-0.15, -0.1) is 0 Å². The lowest BCUT2D eigenvalue weighted by Gasteiger charge is -2.19. The Balaban J connectivity index is 2.08. The van der Waals surface area contributed by atoms with Crippen LogP contribution < -0.4 is 11.1 Å². The lowest BCUT2D eigenvalue weighted by molar-refractivity contribution is -0.121. The summed E-state index contributed by atoms with van der Waals surface area (Å²) in [6.45, 7) is 2.90. The van der Waals surface area contributed by atoms with Gasteiger partial charge in [0.15, 0.2) is 0 Å². The van der Waals surface area contributed by atoms with E-state index in [1.165, 1.54) is 31.4 Å². The number of thioether (sulfide) groups is 1. The maximum atomic E-state index is 11.7. The summed E-state index contributed by atoms with van der Waals surface area (Å²) >= 11 is 1.89. The average Bonchev–Trinajstić information content (AvgIpc) is 2.76. The van der Waals surface area contributed by atoms with Gasteiger partial charge in [-0.25, -0.2) is 0 Å². The van der Waals surface area contributed by atoms with Crippen LogP contribution in [0.1, 0.15) is 45.4 Å². The third kappa shape index (κ3) is 5.77. The van der Waals surface area contributed by atoms with Gasteiger partial charge in [-0.2, -0.15) is 11.8 Å². The highest BCUT2D eigenvalue weighted by Gasteiger charge is 2.26. The van der Waals surface area contributed by atoms with Crippen LogP contribution in [0, 0.1) is 5.92 Å². The fraction of sp³-hybridized carbons (Fsp3) is 0.923. The molecule has 0 bridgehead atoms. The molecular formula is C13H26N2OS. The van der Waals surface area contributed by atoms with Crippen LogP contribution in [0.5, 0.6) is 0 Å². The molecule has 4 heteroatoms. The lowest BCUT2D eigenvalue weighted by atomic mass is 10.0. The van der Waals surface area contributed by atoms with Crippen molar-refractivity contribution in [1.29, 1.82) is 0 Å². The minimum atomic E-state index is 0.208. The Morgan fingerprint density at radius 1 is 1.41 bits per heavy atom. The van der Waals surface area contributed by atoms with Crippen molar-refractivity contribution in [2.24, 2.45) is 11.7 Å². The molecule has 1 fully saturated rings. The van der Waals surface area contributed by atoms with Gasteiger partial charge >= 0.3 is 0 Å². The molecule has 0 spiro atoms. The molecule has 0 heterocycles. The molecular weight excluding hydrogens is 232 g/mol. The topological polar surface area (TPSA) is 55.1 Å². The summed E-state index contributed by atoms with van der Waals surface area (Å²) in [7, 11) is 0. The smallest absolute Gasteiger partial charge is 0.221 e. The van der Waals surface area contributed by atoms with Gasteiger partial charge in [0.05, 0.1) is 0 Å². The van der Waals surface area contributed by atoms with Crippen LogP contribution in [-0.4, -0.2) is 30.0 Å². The summed E-state index contributed by atoms with van der Waals surface area (Å²) in [5.74, 6) is 2.84. The van der Waals surface area contributed by atoms with Gasteiger partial charge in [-0.05, 0) is 37.5 Å². The van der Waals surface area contributed by atoms with Crippen LogP contribution in [0.15, 0.2) is 0 Å². The second-order valence-corrected chi connectivity index (χ2v) is 6.04. The summed E-state index contributed by atoms with van der Waals surface area (Å²) in [5, 5.41) is 3.14. The maximum Gasteiger partial charge on any atom is 0.221 e. The van der Waals surface area contributed by atoms with Gasteiger partial charge in [0.25, 0.3) is 0 Å². The van der Waals surface area contributed by atoms with Crippen LogP contribution in [0.4, 0.5) is 0 Å². The first-order valence-electron chi connectivity index (χ1n) is 6.85. The third-order valence-electron chi connectivity index (χ3n) is 3.42. The Kier molecular flexibility index (Phi) is 7.69. The molecule has 100 valence electrons. The SMILES string of the molecule is CCCCSCCC(=O)NC1CCCC1CN. The Labute approximate surface area is 109 Å². The molecule has 1 aliphatic carbocycles. The quantitative estimate of drug-likeness (QED) is 0.656. The number of carbonyl (C=O) groups excluding carboxylic acids is 1. The predicted octanol–water partition coefficient (Wildman–Crippen LogP) is 2.15. The summed E-state index contributed by atoms with van der Waals surface area (Å²) < 4.78 is 0. The molecule has 1 amide bonds. The Morgan fingerprint density at radius 2 is 2.24 bits per heavy atom. The molecule has 1 aliphatic rings. The first-order valence-corrected chi connectivity index (χ1v) is 8.00. The second-order valence-electron chi connectivity index (χ2n) is 4.82. The summed E-state index contributed by atoms with van der Waals surface area (Å²) in [5.41, 5.74) is 5.70. The number of carbonyl (C=O) groups is 1. The number of rotatable bonds is 8. The first kappa shape index (κ1) is 14.8. The standard InChI is InChI=1S/C13H26N2OS/c1-2-3-8-17-9-7-13(16)15-12-6-4-5-11(12)10-14/h11-12H,2-10,14H2,1H3,(H,15,16). The van der Waals surface area contributed by atoms with Gasteiger partial charge in [-0.1, -0.05) is 19.8 Å². The van der Waals surface area contributed by atoms with E-state index in [9.17, 15) is 4.79 Å². The Bertz CT molecular complexity index is 223. The van der Waals surface area contributed by atoms with E-state index in [1.807, 2.05) is 11.8 Å². The highest BCUT2D eigenvalue weighted by Crippen LogP contribution is 2.24. The van der Waals surface area contributed by atoms with Crippen molar-refractivity contribution in [3.05, 3.63) is 0 Å². The average molecular weight is 258 g/mol. The van der Waals surface area contributed by atoms with E-state index in [4.69, 9.17) is 5.73 Å². The van der Waals surface area contributed by atoms with Crippen LogP contribution in [0.2, 0.25) is 0 Å². The number of nitrogens with one attached hydrogen (secondary N) is 1. The molecule has 0 radical (unpaired) electrons. The Morgan fingerprint density at radius 3 is 2.94 bits per heavy atom. The van der Waals surface area contributed by atoms with Crippen molar-refractivity contribution >= 4 is 17.7 Å². The van der Waals surface area contributed by atoms with E-state index in [0.717, 1.165) is 12.2 Å². The number of amides is 1. The van der Waals surface area contributed by atoms with Crippen molar-refractivity contribution in [2.75, 3.05) is 18.1 Å². The molecule has 17 heavy (non-hydrogen) atoms. The first-order chi connectivity index (χ1) is 8.27. The van der Waals surface area contributed by atoms with E-state index >= 15 is 0 Å². The minimum absolute atomic E-state index is 0.208. The van der Waals surface area contributed by atoms with E-state index < -0.39 is 0 Å². The van der Waals surface area contributed by atoms with Gasteiger partial charge < -0.3 is 11.1 Å². The molecule has 0 aromatic rings. The van der Waals surface area contributed by atoms with Crippen molar-refractivity contribution in [2.45, 2.75) is 51.5 Å². The number of nitrogens with two attached hydrogens (primary N) is 1. The molecule has 1 saturated carbocycles. The third-order valence-corrected chi connectivity index (χ3v) is 4.49. The largest absolute Gasteiger partial charge is 0.353 e. The van der Waals surface area contributed by atoms with Gasteiger partial charge in [0.2, 0.25) is 5.91 Å². The minimum Gasteiger partial charge on any atom is -0.353 e. The van der Waals surface area contributed by atoms with E-state index in [0.29, 0.717) is 24.9 Å². The van der Waals surface area contributed by atoms with Crippen molar-refractivity contribution in [1.82, 2.24) is 5.32 Å². The summed E-state index contributed by atoms with van der Waals surface area (Å²) in [4.78, 5) is 11.7. The van der Waals surface area contributed by atoms with Crippen molar-refractivity contribution in [3.63, 3.8) is 0 Å². The maximum absolute atomic E-state index is 11.7. The molecule has 2 unspecified atom stereocenters. The normalized spacial score (nSPS) is 23.9. The van der Waals surface area contributed by atoms with Crippen molar-refractivity contribution < 1.29 is 4.79 Å². The second kappa shape index (κ2) is 8.81. The molecule has 3 nitrogen and oxygen atoms in total. The van der Waals surface area contributed by atoms with E-state index in [1.54, 1.807) is 0 Å². The fourth-order valence-corrected chi connectivity index (χ4v) is 3.33. The molecule has 1 rings (SSSR count). The molecule has 3 N–H and O–H groups in total. The Hall–Kier alpha value is -0.220. The van der Waals surface area contributed by atoms with E-state index in [-0.39, 0.29) is 5.91 Å². The summed E-state index contributed by atoms with van der Waals surface area (Å²) in [6.07, 6.45) is 6.63. The zero-order valence-corrected chi connectivity index (χ0v) is 11.7. The zero-order chi connectivity index (χ0) is 12.5. The summed E-state index contributed by atoms with van der Waals surface area (Å²) in [6, 6.07) is 0.341. The molecule has 0 aromatic heterocycles. The monoisotopic (exact) mass is 258 g/mol. The number of hydrogen-bond donors (Lipinski definition) is 2. The van der Waals surface area contributed by atoms with Crippen LogP contribution in [0.25, 0.3) is 0 Å².